The molecule has 9 aromatic carbocycles. The van der Waals surface area contributed by atoms with Gasteiger partial charge in [0.1, 0.15) is 0 Å². The van der Waals surface area contributed by atoms with E-state index in [9.17, 15) is 0 Å². The molecular formula is C73H67BN2. The van der Waals surface area contributed by atoms with E-state index < -0.39 is 5.41 Å². The Morgan fingerprint density at radius 1 is 0.408 bits per heavy atom. The van der Waals surface area contributed by atoms with Crippen LogP contribution in [-0.2, 0) is 5.41 Å². The molecule has 5 heterocycles. The molecule has 2 nitrogen and oxygen atoms in total. The summed E-state index contributed by atoms with van der Waals surface area (Å²) in [7, 11) is 0. The molecule has 11 aromatic rings. The number of hydrogen-bond donors (Lipinski definition) is 0. The molecule has 76 heavy (non-hydrogen) atoms. The van der Waals surface area contributed by atoms with Crippen LogP contribution in [0.4, 0.5) is 0 Å². The number of benzene rings is 9. The lowest BCUT2D eigenvalue weighted by Gasteiger charge is -2.45. The smallest absolute Gasteiger partial charge is 0.252 e. The highest BCUT2D eigenvalue weighted by atomic mass is 15.1. The van der Waals surface area contributed by atoms with Crippen molar-refractivity contribution >= 4 is 66.6 Å². The van der Waals surface area contributed by atoms with Gasteiger partial charge in [-0.25, -0.2) is 0 Å². The molecule has 0 saturated heterocycles. The topological polar surface area (TPSA) is 9.86 Å². The monoisotopic (exact) mass is 983 g/mol. The van der Waals surface area contributed by atoms with Gasteiger partial charge in [0.05, 0.1) is 22.1 Å². The summed E-state index contributed by atoms with van der Waals surface area (Å²) in [5.74, 6) is 0.545. The Morgan fingerprint density at radius 3 is 1.53 bits per heavy atom. The third-order valence-electron chi connectivity index (χ3n) is 18.6. The van der Waals surface area contributed by atoms with Crippen molar-refractivity contribution in [1.29, 1.82) is 0 Å². The SMILES string of the molecule is CC(C)(C)C(c1cc2c3c(c1)c1cc(C(C(C)(C)C)C(C)(C)C)cc4c1n3-c1c(ccc3c1B2c1cc2ccccc2c2c(-c5ccccc5)c(-c5ccccc5)n-3c12)C41c2ccccc2-c2ccccc21)C(C)(C)C. The Hall–Kier alpha value is -7.36. The first-order valence-electron chi connectivity index (χ1n) is 28.0. The Labute approximate surface area is 449 Å². The summed E-state index contributed by atoms with van der Waals surface area (Å²) in [4.78, 5) is 0. The van der Waals surface area contributed by atoms with E-state index in [0.717, 1.165) is 0 Å². The van der Waals surface area contributed by atoms with E-state index in [-0.39, 0.29) is 40.2 Å². The summed E-state index contributed by atoms with van der Waals surface area (Å²) < 4.78 is 5.54. The minimum Gasteiger partial charge on any atom is -0.310 e. The van der Waals surface area contributed by atoms with Gasteiger partial charge in [-0.2, -0.15) is 0 Å². The largest absolute Gasteiger partial charge is 0.310 e. The molecule has 0 saturated carbocycles. The third-order valence-corrected chi connectivity index (χ3v) is 18.6. The van der Waals surface area contributed by atoms with Gasteiger partial charge in [0.2, 0.25) is 0 Å². The van der Waals surface area contributed by atoms with Crippen molar-refractivity contribution in [2.24, 2.45) is 21.7 Å². The van der Waals surface area contributed by atoms with Gasteiger partial charge in [0.25, 0.3) is 6.71 Å². The summed E-state index contributed by atoms with van der Waals surface area (Å²) in [6.07, 6.45) is 0. The number of rotatable bonds is 4. The molecule has 0 fully saturated rings. The summed E-state index contributed by atoms with van der Waals surface area (Å²) in [6, 6.07) is 69.1. The molecule has 0 N–H and O–H groups in total. The van der Waals surface area contributed by atoms with Gasteiger partial charge in [-0.1, -0.05) is 241 Å². The zero-order chi connectivity index (χ0) is 52.3. The maximum atomic E-state index is 2.82. The van der Waals surface area contributed by atoms with E-state index in [0.29, 0.717) is 0 Å². The minimum absolute atomic E-state index is 0.00794. The number of aromatic nitrogens is 2. The normalized spacial score (nSPS) is 14.9. The lowest BCUT2D eigenvalue weighted by atomic mass is 9.33. The molecule has 0 amide bonds. The first-order valence-corrected chi connectivity index (χ1v) is 28.0. The molecule has 3 aliphatic heterocycles. The zero-order valence-electron chi connectivity index (χ0n) is 46.4. The molecule has 0 unspecified atom stereocenters. The van der Waals surface area contributed by atoms with Crippen LogP contribution in [0.5, 0.6) is 0 Å². The molecular weight excluding hydrogens is 916 g/mol. The minimum atomic E-state index is -0.589. The van der Waals surface area contributed by atoms with Crippen LogP contribution < -0.4 is 16.4 Å². The summed E-state index contributed by atoms with van der Waals surface area (Å²) in [5, 5.41) is 6.68. The molecule has 3 heteroatoms. The lowest BCUT2D eigenvalue weighted by molar-refractivity contribution is 0.176. The van der Waals surface area contributed by atoms with Crippen LogP contribution in [0.1, 0.15) is 128 Å². The molecule has 0 radical (unpaired) electrons. The van der Waals surface area contributed by atoms with Gasteiger partial charge in [-0.05, 0) is 134 Å². The van der Waals surface area contributed by atoms with Gasteiger partial charge in [0.15, 0.2) is 0 Å². The van der Waals surface area contributed by atoms with Crippen LogP contribution in [0.3, 0.4) is 0 Å². The fraction of sp³-hybridized carbons (Fsp3) is 0.260. The Bertz CT molecular complexity index is 4250. The van der Waals surface area contributed by atoms with Crippen LogP contribution in [0.15, 0.2) is 176 Å². The van der Waals surface area contributed by atoms with Crippen molar-refractivity contribution < 1.29 is 0 Å². The van der Waals surface area contributed by atoms with Crippen molar-refractivity contribution in [3.05, 3.63) is 209 Å². The van der Waals surface area contributed by atoms with Crippen LogP contribution >= 0.6 is 0 Å². The van der Waals surface area contributed by atoms with E-state index >= 15 is 0 Å². The first-order chi connectivity index (χ1) is 36.3. The van der Waals surface area contributed by atoms with E-state index in [1.54, 1.807) is 0 Å². The Balaban J connectivity index is 1.22. The molecule has 0 bridgehead atoms. The van der Waals surface area contributed by atoms with Gasteiger partial charge < -0.3 is 9.13 Å². The highest BCUT2D eigenvalue weighted by Gasteiger charge is 2.55. The zero-order valence-corrected chi connectivity index (χ0v) is 46.4. The number of fused-ring (bicyclic) bond motifs is 13. The Kier molecular flexibility index (Phi) is 9.06. The van der Waals surface area contributed by atoms with Crippen LogP contribution in [0.25, 0.3) is 88.4 Å². The average Bonchev–Trinajstić information content (AvgIpc) is 3.14. The summed E-state index contributed by atoms with van der Waals surface area (Å²) in [5.41, 5.74) is 26.4. The van der Waals surface area contributed by atoms with Gasteiger partial charge in [0, 0.05) is 38.6 Å². The lowest BCUT2D eigenvalue weighted by Crippen LogP contribution is -2.60. The Morgan fingerprint density at radius 2 is 0.921 bits per heavy atom. The highest BCUT2D eigenvalue weighted by molar-refractivity contribution is 7.00. The van der Waals surface area contributed by atoms with Gasteiger partial charge >= 0.3 is 0 Å². The number of nitrogens with zero attached hydrogens (tertiary/aromatic N) is 2. The van der Waals surface area contributed by atoms with Crippen LogP contribution in [0.2, 0.25) is 0 Å². The molecule has 15 rings (SSSR count). The summed E-state index contributed by atoms with van der Waals surface area (Å²) >= 11 is 0. The highest BCUT2D eigenvalue weighted by Crippen LogP contribution is 2.63. The van der Waals surface area contributed by atoms with Gasteiger partial charge in [-0.15, -0.1) is 0 Å². The molecule has 1 spiro atoms. The quantitative estimate of drug-likeness (QED) is 0.156. The standard InChI is InChI=1S/C73H67BN2/c1-69(2,3)67(70(4,5)6)45-37-50-51-38-46(68(71(7,8)9)72(10,11)12)41-56-64(51)76-63(50)55(39-45)73(52-33-23-21-31-48(52)49-32-22-24-34-53(49)73)54-35-36-58-61(65(54)76)74(56)57-40-44-29-19-20-30-47(44)60-59(42-25-15-13-16-26-42)62(75(58)66(57)60)43-27-17-14-18-28-43/h13-41,67-68H,1-12H3. The molecule has 2 aromatic heterocycles. The fourth-order valence-electron chi connectivity index (χ4n) is 17.5. The van der Waals surface area contributed by atoms with E-state index in [4.69, 9.17) is 0 Å². The van der Waals surface area contributed by atoms with E-state index in [2.05, 4.69) is 268 Å². The van der Waals surface area contributed by atoms with Crippen LogP contribution in [0, 0.1) is 21.7 Å². The first kappa shape index (κ1) is 46.0. The third kappa shape index (κ3) is 5.79. The van der Waals surface area contributed by atoms with Crippen molar-refractivity contribution in [2.75, 3.05) is 0 Å². The second kappa shape index (κ2) is 15.0. The van der Waals surface area contributed by atoms with Crippen LogP contribution in [-0.4, -0.2) is 15.8 Å². The van der Waals surface area contributed by atoms with Crippen molar-refractivity contribution in [3.63, 3.8) is 0 Å². The van der Waals surface area contributed by atoms with Crippen molar-refractivity contribution in [2.45, 2.75) is 100 Å². The number of hydrogen-bond acceptors (Lipinski definition) is 0. The second-order valence-electron chi connectivity index (χ2n) is 27.5. The molecule has 0 atom stereocenters. The maximum absolute atomic E-state index is 2.82. The van der Waals surface area contributed by atoms with Crippen molar-refractivity contribution in [1.82, 2.24) is 9.13 Å². The average molecular weight is 983 g/mol. The molecule has 372 valence electrons. The second-order valence-corrected chi connectivity index (χ2v) is 27.5. The predicted octanol–water partition coefficient (Wildman–Crippen LogP) is 17.4. The van der Waals surface area contributed by atoms with Gasteiger partial charge in [-0.3, -0.25) is 0 Å². The predicted molar refractivity (Wildman–Crippen MR) is 325 cm³/mol. The van der Waals surface area contributed by atoms with Crippen molar-refractivity contribution in [3.8, 4) is 44.9 Å². The van der Waals surface area contributed by atoms with E-state index in [1.165, 1.54) is 138 Å². The summed E-state index contributed by atoms with van der Waals surface area (Å²) in [6.45, 7) is 29.6. The maximum Gasteiger partial charge on any atom is 0.252 e. The van der Waals surface area contributed by atoms with E-state index in [1.807, 2.05) is 0 Å². The molecule has 4 aliphatic rings. The molecule has 1 aliphatic carbocycles. The fourth-order valence-corrected chi connectivity index (χ4v) is 17.5.